The summed E-state index contributed by atoms with van der Waals surface area (Å²) in [4.78, 5) is 0.213. The van der Waals surface area contributed by atoms with E-state index in [9.17, 15) is 13.5 Å². The zero-order chi connectivity index (χ0) is 14.2. The van der Waals surface area contributed by atoms with Crippen molar-refractivity contribution in [1.29, 1.82) is 0 Å². The van der Waals surface area contributed by atoms with Crippen LogP contribution < -0.4 is 5.73 Å². The van der Waals surface area contributed by atoms with E-state index in [0.717, 1.165) is 0 Å². The Balaban J connectivity index is 2.32. The molecular formula is C12H17BrN2O3S. The molecule has 1 saturated heterocycles. The topological polar surface area (TPSA) is 83.6 Å². The summed E-state index contributed by atoms with van der Waals surface area (Å²) in [5.74, 6) is -0.0592. The molecule has 5 nitrogen and oxygen atoms in total. The normalized spacial score (nSPS) is 25.4. The SMILES string of the molecule is CC1CN(S(=O)(=O)c2ccc(N)cc2Br)CCC1O. The van der Waals surface area contributed by atoms with Crippen molar-refractivity contribution in [2.24, 2.45) is 5.92 Å². The molecule has 1 fully saturated rings. The quantitative estimate of drug-likeness (QED) is 0.791. The van der Waals surface area contributed by atoms with Gasteiger partial charge in [0, 0.05) is 23.2 Å². The summed E-state index contributed by atoms with van der Waals surface area (Å²) >= 11 is 3.24. The molecule has 0 spiro atoms. The molecule has 1 heterocycles. The third-order valence-corrected chi connectivity index (χ3v) is 6.24. The van der Waals surface area contributed by atoms with Crippen LogP contribution in [0.15, 0.2) is 27.6 Å². The van der Waals surface area contributed by atoms with E-state index < -0.39 is 16.1 Å². The van der Waals surface area contributed by atoms with Gasteiger partial charge in [0.1, 0.15) is 0 Å². The first-order valence-electron chi connectivity index (χ1n) is 6.05. The zero-order valence-corrected chi connectivity index (χ0v) is 13.0. The Morgan fingerprint density at radius 2 is 2.16 bits per heavy atom. The molecule has 0 amide bonds. The summed E-state index contributed by atoms with van der Waals surface area (Å²) in [6.45, 7) is 2.52. The molecule has 0 radical (unpaired) electrons. The van der Waals surface area contributed by atoms with Gasteiger partial charge in [-0.05, 0) is 46.5 Å². The van der Waals surface area contributed by atoms with Gasteiger partial charge in [-0.1, -0.05) is 6.92 Å². The highest BCUT2D eigenvalue weighted by atomic mass is 79.9. The largest absolute Gasteiger partial charge is 0.399 e. The summed E-state index contributed by atoms with van der Waals surface area (Å²) in [7, 11) is -3.55. The van der Waals surface area contributed by atoms with E-state index in [-0.39, 0.29) is 10.8 Å². The minimum Gasteiger partial charge on any atom is -0.399 e. The van der Waals surface area contributed by atoms with Crippen LogP contribution >= 0.6 is 15.9 Å². The van der Waals surface area contributed by atoms with Gasteiger partial charge in [0.2, 0.25) is 10.0 Å². The molecule has 1 aromatic carbocycles. The first-order chi connectivity index (χ1) is 8.82. The molecule has 2 atom stereocenters. The fourth-order valence-corrected chi connectivity index (χ4v) is 4.79. The van der Waals surface area contributed by atoms with Crippen LogP contribution in [0.25, 0.3) is 0 Å². The van der Waals surface area contributed by atoms with Gasteiger partial charge in [-0.3, -0.25) is 0 Å². The van der Waals surface area contributed by atoms with Gasteiger partial charge in [0.25, 0.3) is 0 Å². The third-order valence-electron chi connectivity index (χ3n) is 3.40. The van der Waals surface area contributed by atoms with Crippen molar-refractivity contribution in [2.75, 3.05) is 18.8 Å². The summed E-state index contributed by atoms with van der Waals surface area (Å²) < 4.78 is 27.0. The highest BCUT2D eigenvalue weighted by Crippen LogP contribution is 2.29. The summed E-state index contributed by atoms with van der Waals surface area (Å²) in [6, 6.07) is 4.65. The summed E-state index contributed by atoms with van der Waals surface area (Å²) in [6.07, 6.45) is 0.0359. The lowest BCUT2D eigenvalue weighted by Crippen LogP contribution is -2.44. The molecule has 0 aliphatic carbocycles. The lowest BCUT2D eigenvalue weighted by molar-refractivity contribution is 0.0628. The van der Waals surface area contributed by atoms with Crippen molar-refractivity contribution in [3.8, 4) is 0 Å². The predicted octanol–water partition coefficient (Wildman–Crippen LogP) is 1.42. The molecule has 106 valence electrons. The van der Waals surface area contributed by atoms with Crippen LogP contribution in [0.1, 0.15) is 13.3 Å². The predicted molar refractivity (Wildman–Crippen MR) is 77.1 cm³/mol. The fraction of sp³-hybridized carbons (Fsp3) is 0.500. The van der Waals surface area contributed by atoms with Crippen molar-refractivity contribution >= 4 is 31.6 Å². The maximum Gasteiger partial charge on any atom is 0.244 e. The number of nitrogens with two attached hydrogens (primary N) is 1. The number of hydrogen-bond acceptors (Lipinski definition) is 4. The molecule has 1 aliphatic heterocycles. The van der Waals surface area contributed by atoms with E-state index in [2.05, 4.69) is 15.9 Å². The Labute approximate surface area is 121 Å². The first-order valence-corrected chi connectivity index (χ1v) is 8.29. The molecular weight excluding hydrogens is 332 g/mol. The molecule has 0 aromatic heterocycles. The summed E-state index contributed by atoms with van der Waals surface area (Å²) in [5.41, 5.74) is 6.13. The van der Waals surface area contributed by atoms with Crippen molar-refractivity contribution in [3.05, 3.63) is 22.7 Å². The van der Waals surface area contributed by atoms with E-state index in [4.69, 9.17) is 5.73 Å². The number of halogens is 1. The van der Waals surface area contributed by atoms with Gasteiger partial charge >= 0.3 is 0 Å². The maximum absolute atomic E-state index is 12.5. The molecule has 0 bridgehead atoms. The van der Waals surface area contributed by atoms with Crippen LogP contribution in [0, 0.1) is 5.92 Å². The number of anilines is 1. The smallest absolute Gasteiger partial charge is 0.244 e. The van der Waals surface area contributed by atoms with Gasteiger partial charge in [0.05, 0.1) is 11.0 Å². The van der Waals surface area contributed by atoms with Crippen LogP contribution in [-0.2, 0) is 10.0 Å². The molecule has 19 heavy (non-hydrogen) atoms. The van der Waals surface area contributed by atoms with Gasteiger partial charge in [0.15, 0.2) is 0 Å². The van der Waals surface area contributed by atoms with Crippen LogP contribution in [-0.4, -0.2) is 37.0 Å². The number of rotatable bonds is 2. The standard InChI is InChI=1S/C12H17BrN2O3S/c1-8-7-15(5-4-11(8)16)19(17,18)12-3-2-9(14)6-10(12)13/h2-3,6,8,11,16H,4-5,7,14H2,1H3. The summed E-state index contributed by atoms with van der Waals surface area (Å²) in [5, 5.41) is 9.68. The molecule has 7 heteroatoms. The lowest BCUT2D eigenvalue weighted by Gasteiger charge is -2.33. The Hall–Kier alpha value is -0.630. The van der Waals surface area contributed by atoms with Crippen LogP contribution in [0.3, 0.4) is 0 Å². The van der Waals surface area contributed by atoms with Crippen molar-refractivity contribution in [3.63, 3.8) is 0 Å². The van der Waals surface area contributed by atoms with E-state index >= 15 is 0 Å². The average molecular weight is 349 g/mol. The number of hydrogen-bond donors (Lipinski definition) is 2. The minimum atomic E-state index is -3.55. The third kappa shape index (κ3) is 2.94. The van der Waals surface area contributed by atoms with Crippen molar-refractivity contribution in [2.45, 2.75) is 24.3 Å². The number of benzene rings is 1. The average Bonchev–Trinajstić information content (AvgIpc) is 2.32. The number of sulfonamides is 1. The number of piperidine rings is 1. The zero-order valence-electron chi connectivity index (χ0n) is 10.6. The number of aliphatic hydroxyl groups excluding tert-OH is 1. The van der Waals surface area contributed by atoms with Gasteiger partial charge in [-0.25, -0.2) is 8.42 Å². The van der Waals surface area contributed by atoms with Crippen molar-refractivity contribution < 1.29 is 13.5 Å². The lowest BCUT2D eigenvalue weighted by atomic mass is 9.99. The second kappa shape index (κ2) is 5.40. The molecule has 2 unspecified atom stereocenters. The highest BCUT2D eigenvalue weighted by molar-refractivity contribution is 9.10. The minimum absolute atomic E-state index is 0.0592. The van der Waals surface area contributed by atoms with Gasteiger partial charge in [-0.2, -0.15) is 4.31 Å². The van der Waals surface area contributed by atoms with Crippen LogP contribution in [0.5, 0.6) is 0 Å². The molecule has 0 saturated carbocycles. The number of aliphatic hydroxyl groups is 1. The fourth-order valence-electron chi connectivity index (χ4n) is 2.18. The molecule has 1 aromatic rings. The van der Waals surface area contributed by atoms with E-state index in [1.165, 1.54) is 10.4 Å². The van der Waals surface area contributed by atoms with E-state index in [0.29, 0.717) is 29.7 Å². The monoisotopic (exact) mass is 348 g/mol. The van der Waals surface area contributed by atoms with Gasteiger partial charge < -0.3 is 10.8 Å². The van der Waals surface area contributed by atoms with E-state index in [1.54, 1.807) is 12.1 Å². The van der Waals surface area contributed by atoms with Crippen LogP contribution in [0.2, 0.25) is 0 Å². The van der Waals surface area contributed by atoms with Crippen molar-refractivity contribution in [1.82, 2.24) is 4.31 Å². The first kappa shape index (κ1) is 14.8. The maximum atomic E-state index is 12.5. The Morgan fingerprint density at radius 1 is 1.47 bits per heavy atom. The Morgan fingerprint density at radius 3 is 2.74 bits per heavy atom. The Bertz CT molecular complexity index is 576. The number of nitrogen functional groups attached to an aromatic ring is 1. The van der Waals surface area contributed by atoms with E-state index in [1.807, 2.05) is 6.92 Å². The number of nitrogens with zero attached hydrogens (tertiary/aromatic N) is 1. The second-order valence-corrected chi connectivity index (χ2v) is 7.65. The van der Waals surface area contributed by atoms with Gasteiger partial charge in [-0.15, -0.1) is 0 Å². The molecule has 3 N–H and O–H groups in total. The second-order valence-electron chi connectivity index (χ2n) is 4.89. The van der Waals surface area contributed by atoms with Crippen LogP contribution in [0.4, 0.5) is 5.69 Å². The molecule has 2 rings (SSSR count). The molecule has 1 aliphatic rings. The Kier molecular flexibility index (Phi) is 4.20. The highest BCUT2D eigenvalue weighted by Gasteiger charge is 2.33.